The highest BCUT2D eigenvalue weighted by atomic mass is 16.8. The third-order valence-corrected chi connectivity index (χ3v) is 17.9. The molecule has 64 heavy (non-hydrogen) atoms. The van der Waals surface area contributed by atoms with Crippen molar-refractivity contribution in [1.82, 2.24) is 0 Å². The summed E-state index contributed by atoms with van der Waals surface area (Å²) in [6, 6.07) is 16.8. The molecule has 2 saturated heterocycles. The first-order valence-electron chi connectivity index (χ1n) is 24.3. The molecule has 0 unspecified atom stereocenters. The van der Waals surface area contributed by atoms with E-state index in [2.05, 4.69) is 86.0 Å². The van der Waals surface area contributed by atoms with Gasteiger partial charge in [-0.3, -0.25) is 0 Å². The Balaban J connectivity index is 0.774. The second-order valence-corrected chi connectivity index (χ2v) is 22.2. The highest BCUT2D eigenvalue weighted by Gasteiger charge is 2.66. The Morgan fingerprint density at radius 1 is 0.469 bits per heavy atom. The van der Waals surface area contributed by atoms with E-state index in [-0.39, 0.29) is 34.8 Å². The smallest absolute Gasteiger partial charge is 0.348 e. The molecular weight excluding hydrogens is 805 g/mol. The Morgan fingerprint density at radius 2 is 0.781 bits per heavy atom. The van der Waals surface area contributed by atoms with Crippen LogP contribution in [0.25, 0.3) is 0 Å². The number of carbonyl (C=O) groups excluding carboxylic acids is 4. The summed E-state index contributed by atoms with van der Waals surface area (Å²) < 4.78 is 24.9. The predicted molar refractivity (Wildman–Crippen MR) is 239 cm³/mol. The molecule has 0 amide bonds. The standard InChI is InChI=1S/C54H60N2O8/c1-51(2)41-11-5-7-13-43(41)55(45(51)17-15-39-47(57)61-53(62-48(39)58)35-23-31-21-32(25-35)26-36(53)24-31)19-9-10-20-56-44-14-8-6-12-42(44)52(3,4)46(56)18-16-40-49(59)63-54(64-50(40)60)37-27-33-22-34(29-37)30-38(54)28-33/h5-8,11-18,31-38H,9-10,19-30H2,1-4H3/b39-15?,40-16?,45-17-,46-18+. The number of hydrogen-bond donors (Lipinski definition) is 0. The molecule has 8 bridgehead atoms. The van der Waals surface area contributed by atoms with Crippen LogP contribution in [-0.4, -0.2) is 48.5 Å². The van der Waals surface area contributed by atoms with Gasteiger partial charge in [0, 0.05) is 70.4 Å². The number of fused-ring (bicyclic) bond motifs is 2. The zero-order valence-corrected chi connectivity index (χ0v) is 37.6. The normalized spacial score (nSPS) is 37.9. The van der Waals surface area contributed by atoms with Crippen molar-refractivity contribution in [2.24, 2.45) is 47.3 Å². The molecule has 10 fully saturated rings. The zero-order valence-electron chi connectivity index (χ0n) is 37.6. The number of hydrogen-bond acceptors (Lipinski definition) is 10. The minimum absolute atomic E-state index is 0.0506. The van der Waals surface area contributed by atoms with Gasteiger partial charge in [-0.05, 0) is 148 Å². The number of allylic oxidation sites excluding steroid dienone is 6. The minimum atomic E-state index is -1.11. The maximum absolute atomic E-state index is 13.8. The third-order valence-electron chi connectivity index (χ3n) is 17.9. The Hall–Kier alpha value is -5.12. The van der Waals surface area contributed by atoms with Crippen LogP contribution < -0.4 is 9.80 Å². The lowest BCUT2D eigenvalue weighted by Gasteiger charge is -2.59. The first-order valence-corrected chi connectivity index (χ1v) is 24.3. The van der Waals surface area contributed by atoms with Gasteiger partial charge >= 0.3 is 23.9 Å². The summed E-state index contributed by atoms with van der Waals surface area (Å²) in [6.45, 7) is 10.2. The van der Waals surface area contributed by atoms with E-state index in [1.54, 1.807) is 12.2 Å². The van der Waals surface area contributed by atoms with Gasteiger partial charge in [0.2, 0.25) is 0 Å². The third kappa shape index (κ3) is 5.87. The van der Waals surface area contributed by atoms with Gasteiger partial charge in [0.1, 0.15) is 11.1 Å². The monoisotopic (exact) mass is 864 g/mol. The molecule has 334 valence electrons. The molecule has 0 N–H and O–H groups in total. The van der Waals surface area contributed by atoms with Crippen LogP contribution in [0.1, 0.15) is 116 Å². The topological polar surface area (TPSA) is 112 Å². The first kappa shape index (κ1) is 40.4. The van der Waals surface area contributed by atoms with Crippen LogP contribution in [0.2, 0.25) is 0 Å². The maximum Gasteiger partial charge on any atom is 0.348 e. The van der Waals surface area contributed by atoms with Crippen molar-refractivity contribution in [2.45, 2.75) is 127 Å². The van der Waals surface area contributed by atoms with Crippen molar-refractivity contribution >= 4 is 35.3 Å². The van der Waals surface area contributed by atoms with E-state index in [0.717, 1.165) is 87.0 Å². The van der Waals surface area contributed by atoms with Crippen LogP contribution in [0, 0.1) is 47.3 Å². The number of benzene rings is 2. The number of esters is 4. The number of unbranched alkanes of at least 4 members (excludes halogenated alkanes) is 1. The van der Waals surface area contributed by atoms with E-state index in [1.807, 2.05) is 12.2 Å². The van der Waals surface area contributed by atoms with Crippen LogP contribution >= 0.6 is 0 Å². The summed E-state index contributed by atoms with van der Waals surface area (Å²) in [4.78, 5) is 59.7. The van der Waals surface area contributed by atoms with Gasteiger partial charge in [0.05, 0.1) is 0 Å². The van der Waals surface area contributed by atoms with Gasteiger partial charge in [-0.25, -0.2) is 19.2 Å². The molecule has 2 spiro atoms. The fourth-order valence-corrected chi connectivity index (χ4v) is 15.3. The average molecular weight is 865 g/mol. The van der Waals surface area contributed by atoms with E-state index < -0.39 is 46.3 Å². The number of nitrogens with zero attached hydrogens (tertiary/aromatic N) is 2. The van der Waals surface area contributed by atoms with Gasteiger partial charge < -0.3 is 28.7 Å². The van der Waals surface area contributed by atoms with Crippen molar-refractivity contribution < 1.29 is 38.1 Å². The van der Waals surface area contributed by atoms with E-state index in [9.17, 15) is 19.2 Å². The molecule has 0 aromatic heterocycles. The molecule has 10 nitrogen and oxygen atoms in total. The fraction of sp³-hybridized carbons (Fsp3) is 0.556. The molecule has 2 aromatic rings. The molecule has 10 heteroatoms. The van der Waals surface area contributed by atoms with E-state index in [4.69, 9.17) is 18.9 Å². The summed E-state index contributed by atoms with van der Waals surface area (Å²) in [5.74, 6) is -1.55. The van der Waals surface area contributed by atoms with Crippen LogP contribution in [0.5, 0.6) is 0 Å². The fourth-order valence-electron chi connectivity index (χ4n) is 15.3. The van der Waals surface area contributed by atoms with Gasteiger partial charge in [-0.1, -0.05) is 64.1 Å². The van der Waals surface area contributed by atoms with Crippen molar-refractivity contribution in [1.29, 1.82) is 0 Å². The Morgan fingerprint density at radius 3 is 1.11 bits per heavy atom. The molecule has 0 radical (unpaired) electrons. The second-order valence-electron chi connectivity index (χ2n) is 22.2. The second kappa shape index (κ2) is 14.2. The summed E-state index contributed by atoms with van der Waals surface area (Å²) in [5.41, 5.74) is 5.70. The SMILES string of the molecule is CC1(C)/C(=C/C=C2C(=O)OC3(OC2=O)C2CC4CC(C2)CC3C4)N(CCCCN2/C(=C/C=C3C(=O)OC4(OC3=O)C3CC5CC(C3)CC4C5)C(C)(C)c3ccccc32)c2ccccc21. The summed E-state index contributed by atoms with van der Waals surface area (Å²) in [5, 5.41) is 0. The lowest BCUT2D eigenvalue weighted by molar-refractivity contribution is -0.314. The summed E-state index contributed by atoms with van der Waals surface area (Å²) in [6.07, 6.45) is 19.0. The first-order chi connectivity index (χ1) is 30.7. The molecule has 0 atom stereocenters. The molecule has 4 heterocycles. The van der Waals surface area contributed by atoms with Gasteiger partial charge in [0.15, 0.2) is 0 Å². The lowest BCUT2D eigenvalue weighted by atomic mass is 9.53. The van der Waals surface area contributed by atoms with E-state index in [0.29, 0.717) is 36.8 Å². The van der Waals surface area contributed by atoms with Crippen molar-refractivity contribution in [3.63, 3.8) is 0 Å². The number of ether oxygens (including phenoxy) is 4. The highest BCUT2D eigenvalue weighted by Crippen LogP contribution is 2.62. The molecule has 2 aromatic carbocycles. The highest BCUT2D eigenvalue weighted by molar-refractivity contribution is 6.16. The van der Waals surface area contributed by atoms with Crippen LogP contribution in [0.3, 0.4) is 0 Å². The predicted octanol–water partition coefficient (Wildman–Crippen LogP) is 9.49. The minimum Gasteiger partial charge on any atom is -0.418 e. The van der Waals surface area contributed by atoms with Gasteiger partial charge in [-0.2, -0.15) is 0 Å². The molecule has 8 saturated carbocycles. The quantitative estimate of drug-likeness (QED) is 0.116. The number of anilines is 2. The summed E-state index contributed by atoms with van der Waals surface area (Å²) >= 11 is 0. The van der Waals surface area contributed by atoms with Crippen LogP contribution in [0.4, 0.5) is 11.4 Å². The van der Waals surface area contributed by atoms with Gasteiger partial charge in [-0.15, -0.1) is 0 Å². The maximum atomic E-state index is 13.8. The number of rotatable bonds is 7. The van der Waals surface area contributed by atoms with Crippen molar-refractivity contribution in [3.05, 3.63) is 107 Å². The number of carbonyl (C=O) groups is 4. The molecule has 12 aliphatic rings. The Labute approximate surface area is 376 Å². The van der Waals surface area contributed by atoms with Crippen molar-refractivity contribution in [3.8, 4) is 0 Å². The zero-order chi connectivity index (χ0) is 43.9. The molecule has 4 aliphatic heterocycles. The van der Waals surface area contributed by atoms with Crippen LogP contribution in [0.15, 0.2) is 95.4 Å². The van der Waals surface area contributed by atoms with Crippen molar-refractivity contribution in [2.75, 3.05) is 22.9 Å². The van der Waals surface area contributed by atoms with Gasteiger partial charge in [0.25, 0.3) is 11.6 Å². The van der Waals surface area contributed by atoms with Crippen LogP contribution in [-0.2, 0) is 49.0 Å². The number of para-hydroxylation sites is 2. The van der Waals surface area contributed by atoms with E-state index in [1.165, 1.54) is 24.0 Å². The average Bonchev–Trinajstić information content (AvgIpc) is 3.60. The summed E-state index contributed by atoms with van der Waals surface area (Å²) in [7, 11) is 0. The Bertz CT molecular complexity index is 2230. The molecular formula is C54H60N2O8. The Kier molecular flexibility index (Phi) is 8.96. The molecule has 14 rings (SSSR count). The van der Waals surface area contributed by atoms with E-state index >= 15 is 0 Å². The largest absolute Gasteiger partial charge is 0.418 e. The lowest BCUT2D eigenvalue weighted by Crippen LogP contribution is -2.63. The molecule has 8 aliphatic carbocycles.